The van der Waals surface area contributed by atoms with E-state index in [1.807, 2.05) is 18.2 Å². The maximum atomic E-state index is 11.1. The van der Waals surface area contributed by atoms with Crippen molar-refractivity contribution in [2.75, 3.05) is 27.2 Å². The third kappa shape index (κ3) is 5.92. The van der Waals surface area contributed by atoms with E-state index in [0.29, 0.717) is 6.61 Å². The van der Waals surface area contributed by atoms with E-state index in [1.54, 1.807) is 14.1 Å². The molecule has 0 radical (unpaired) electrons. The maximum Gasteiger partial charge on any atom is 0.409 e. The Bertz CT molecular complexity index is 325. The summed E-state index contributed by atoms with van der Waals surface area (Å²) >= 11 is 0. The molecule has 0 unspecified atom stereocenters. The van der Waals surface area contributed by atoms with Crippen LogP contribution in [0.5, 0.6) is 0 Å². The molecule has 0 aromatic heterocycles. The van der Waals surface area contributed by atoms with Crippen LogP contribution in [0.2, 0.25) is 0 Å². The van der Waals surface area contributed by atoms with Crippen LogP contribution in [0.4, 0.5) is 4.79 Å². The van der Waals surface area contributed by atoms with Crippen LogP contribution in [0.15, 0.2) is 30.3 Å². The van der Waals surface area contributed by atoms with Crippen molar-refractivity contribution in [3.63, 3.8) is 0 Å². The van der Waals surface area contributed by atoms with Crippen LogP contribution in [-0.2, 0) is 11.3 Å². The summed E-state index contributed by atoms with van der Waals surface area (Å²) in [5.74, 6) is 0. The van der Waals surface area contributed by atoms with Gasteiger partial charge in [0.15, 0.2) is 0 Å². The Morgan fingerprint density at radius 2 is 2.00 bits per heavy atom. The largest absolute Gasteiger partial charge is 0.449 e. The fourth-order valence-corrected chi connectivity index (χ4v) is 1.31. The van der Waals surface area contributed by atoms with Crippen molar-refractivity contribution in [2.45, 2.75) is 13.0 Å². The Morgan fingerprint density at radius 1 is 1.29 bits per heavy atom. The lowest BCUT2D eigenvalue weighted by Crippen LogP contribution is -2.24. The van der Waals surface area contributed by atoms with Gasteiger partial charge in [0, 0.05) is 20.6 Å². The molecule has 0 saturated heterocycles. The van der Waals surface area contributed by atoms with Crippen LogP contribution < -0.4 is 5.32 Å². The van der Waals surface area contributed by atoms with Crippen LogP contribution in [0.1, 0.15) is 12.0 Å². The Balaban J connectivity index is 2.00. The fourth-order valence-electron chi connectivity index (χ4n) is 1.31. The summed E-state index contributed by atoms with van der Waals surface area (Å²) in [6.45, 7) is 2.15. The predicted octanol–water partition coefficient (Wildman–Crippen LogP) is 1.86. The van der Waals surface area contributed by atoms with Gasteiger partial charge in [0.05, 0.1) is 6.61 Å². The first-order valence-corrected chi connectivity index (χ1v) is 5.79. The molecule has 17 heavy (non-hydrogen) atoms. The van der Waals surface area contributed by atoms with Gasteiger partial charge in [-0.1, -0.05) is 30.3 Å². The third-order valence-electron chi connectivity index (χ3n) is 2.26. The number of amides is 1. The van der Waals surface area contributed by atoms with Crippen LogP contribution in [0.25, 0.3) is 0 Å². The van der Waals surface area contributed by atoms with Gasteiger partial charge in [0.25, 0.3) is 0 Å². The molecule has 0 aliphatic heterocycles. The SMILES string of the molecule is CN(C)C(=O)OCCCNCc1ccccc1. The number of hydrogen-bond acceptors (Lipinski definition) is 3. The molecule has 0 heterocycles. The Kier molecular flexibility index (Phi) is 6.10. The lowest BCUT2D eigenvalue weighted by atomic mass is 10.2. The second-order valence-electron chi connectivity index (χ2n) is 4.02. The molecule has 1 aromatic carbocycles. The molecule has 0 aliphatic rings. The number of nitrogens with zero attached hydrogens (tertiary/aromatic N) is 1. The second kappa shape index (κ2) is 7.68. The lowest BCUT2D eigenvalue weighted by Gasteiger charge is -2.11. The molecule has 94 valence electrons. The minimum atomic E-state index is -0.284. The monoisotopic (exact) mass is 236 g/mol. The van der Waals surface area contributed by atoms with Gasteiger partial charge in [-0.3, -0.25) is 0 Å². The van der Waals surface area contributed by atoms with E-state index < -0.39 is 0 Å². The van der Waals surface area contributed by atoms with Crippen molar-refractivity contribution in [3.05, 3.63) is 35.9 Å². The first-order valence-electron chi connectivity index (χ1n) is 5.79. The summed E-state index contributed by atoms with van der Waals surface area (Å²) in [5.41, 5.74) is 1.26. The van der Waals surface area contributed by atoms with Crippen molar-refractivity contribution in [2.24, 2.45) is 0 Å². The van der Waals surface area contributed by atoms with Crippen LogP contribution in [-0.4, -0.2) is 38.2 Å². The first-order chi connectivity index (χ1) is 8.20. The van der Waals surface area contributed by atoms with E-state index >= 15 is 0 Å². The number of nitrogens with one attached hydrogen (secondary N) is 1. The van der Waals surface area contributed by atoms with Gasteiger partial charge in [-0.2, -0.15) is 0 Å². The Labute approximate surface area is 103 Å². The normalized spacial score (nSPS) is 10.0. The summed E-state index contributed by atoms with van der Waals surface area (Å²) in [4.78, 5) is 12.5. The number of rotatable bonds is 6. The smallest absolute Gasteiger partial charge is 0.409 e. The van der Waals surface area contributed by atoms with Crippen LogP contribution in [0.3, 0.4) is 0 Å². The molecule has 0 aliphatic carbocycles. The predicted molar refractivity (Wildman–Crippen MR) is 67.8 cm³/mol. The molecule has 4 heteroatoms. The van der Waals surface area contributed by atoms with Crippen LogP contribution in [0, 0.1) is 0 Å². The molecule has 0 atom stereocenters. The third-order valence-corrected chi connectivity index (χ3v) is 2.26. The number of hydrogen-bond donors (Lipinski definition) is 1. The average molecular weight is 236 g/mol. The number of benzene rings is 1. The summed E-state index contributed by atoms with van der Waals surface area (Å²) in [6, 6.07) is 10.2. The topological polar surface area (TPSA) is 41.6 Å². The maximum absolute atomic E-state index is 11.1. The van der Waals surface area contributed by atoms with E-state index in [0.717, 1.165) is 19.5 Å². The van der Waals surface area contributed by atoms with Gasteiger partial charge >= 0.3 is 6.09 Å². The zero-order valence-corrected chi connectivity index (χ0v) is 10.5. The van der Waals surface area contributed by atoms with Crippen molar-refractivity contribution in [1.29, 1.82) is 0 Å². The Hall–Kier alpha value is -1.55. The van der Waals surface area contributed by atoms with Gasteiger partial charge in [0.2, 0.25) is 0 Å². The highest BCUT2D eigenvalue weighted by atomic mass is 16.6. The molecule has 0 spiro atoms. The summed E-state index contributed by atoms with van der Waals surface area (Å²) in [7, 11) is 3.35. The highest BCUT2D eigenvalue weighted by Crippen LogP contribution is 1.97. The van der Waals surface area contributed by atoms with E-state index in [2.05, 4.69) is 17.4 Å². The van der Waals surface area contributed by atoms with Gasteiger partial charge in [-0.05, 0) is 18.5 Å². The fraction of sp³-hybridized carbons (Fsp3) is 0.462. The van der Waals surface area contributed by atoms with E-state index in [1.165, 1.54) is 10.5 Å². The molecule has 0 saturated carbocycles. The molecule has 1 amide bonds. The van der Waals surface area contributed by atoms with Gasteiger partial charge in [0.1, 0.15) is 0 Å². The Morgan fingerprint density at radius 3 is 2.65 bits per heavy atom. The minimum absolute atomic E-state index is 0.284. The summed E-state index contributed by atoms with van der Waals surface area (Å²) in [6.07, 6.45) is 0.542. The van der Waals surface area contributed by atoms with E-state index in [-0.39, 0.29) is 6.09 Å². The highest BCUT2D eigenvalue weighted by molar-refractivity contribution is 5.66. The number of ether oxygens (including phenoxy) is 1. The molecular formula is C13H20N2O2. The lowest BCUT2D eigenvalue weighted by molar-refractivity contribution is 0.117. The number of carbonyl (C=O) groups is 1. The highest BCUT2D eigenvalue weighted by Gasteiger charge is 2.02. The molecule has 1 rings (SSSR count). The molecule has 1 aromatic rings. The summed E-state index contributed by atoms with van der Waals surface area (Å²) in [5, 5.41) is 3.30. The standard InChI is InChI=1S/C13H20N2O2/c1-15(2)13(16)17-10-6-9-14-11-12-7-4-3-5-8-12/h3-5,7-8,14H,6,9-11H2,1-2H3. The molecule has 1 N–H and O–H groups in total. The summed E-state index contributed by atoms with van der Waals surface area (Å²) < 4.78 is 5.00. The number of carbonyl (C=O) groups excluding carboxylic acids is 1. The van der Waals surface area contributed by atoms with Gasteiger partial charge < -0.3 is 15.0 Å². The minimum Gasteiger partial charge on any atom is -0.449 e. The van der Waals surface area contributed by atoms with Crippen molar-refractivity contribution >= 4 is 6.09 Å². The van der Waals surface area contributed by atoms with Gasteiger partial charge in [-0.15, -0.1) is 0 Å². The second-order valence-corrected chi connectivity index (χ2v) is 4.02. The molecule has 4 nitrogen and oxygen atoms in total. The zero-order chi connectivity index (χ0) is 12.5. The van der Waals surface area contributed by atoms with E-state index in [4.69, 9.17) is 4.74 Å². The first kappa shape index (κ1) is 13.5. The average Bonchev–Trinajstić information content (AvgIpc) is 2.34. The molecular weight excluding hydrogens is 216 g/mol. The molecule has 0 fully saturated rings. The van der Waals surface area contributed by atoms with E-state index in [9.17, 15) is 4.79 Å². The van der Waals surface area contributed by atoms with Crippen molar-refractivity contribution in [3.8, 4) is 0 Å². The molecule has 0 bridgehead atoms. The van der Waals surface area contributed by atoms with Gasteiger partial charge in [-0.25, -0.2) is 4.79 Å². The van der Waals surface area contributed by atoms with Crippen molar-refractivity contribution < 1.29 is 9.53 Å². The van der Waals surface area contributed by atoms with Crippen LogP contribution >= 0.6 is 0 Å². The van der Waals surface area contributed by atoms with Crippen molar-refractivity contribution in [1.82, 2.24) is 10.2 Å². The quantitative estimate of drug-likeness (QED) is 0.767. The zero-order valence-electron chi connectivity index (χ0n) is 10.5.